The molecule has 4 atom stereocenters. The lowest BCUT2D eigenvalue weighted by molar-refractivity contribution is -0.141. The van der Waals surface area contributed by atoms with Crippen molar-refractivity contribution in [2.45, 2.75) is 37.4 Å². The fraction of sp³-hybridized carbons (Fsp3) is 0.571. The molecule has 0 aliphatic carbocycles. The molecule has 1 aromatic heterocycles. The minimum atomic E-state index is -4.82. The molecule has 0 bridgehead atoms. The number of esters is 1. The Labute approximate surface area is 163 Å². The SMILES string of the molecule is COC(=O)CCC(=O)Nc1ccn([C@@H]2O[C@H](COP(=O)(O)O)[C@H](O)C2O)c(=O)n1. The maximum Gasteiger partial charge on any atom is 0.469 e. The molecule has 0 aromatic carbocycles. The van der Waals surface area contributed by atoms with Crippen molar-refractivity contribution in [3.8, 4) is 0 Å². The lowest BCUT2D eigenvalue weighted by Gasteiger charge is -2.17. The van der Waals surface area contributed by atoms with Gasteiger partial charge in [-0.3, -0.25) is 18.7 Å². The highest BCUT2D eigenvalue weighted by Gasteiger charge is 2.45. The van der Waals surface area contributed by atoms with Gasteiger partial charge in [0.25, 0.3) is 0 Å². The van der Waals surface area contributed by atoms with Crippen molar-refractivity contribution in [1.82, 2.24) is 9.55 Å². The summed E-state index contributed by atoms with van der Waals surface area (Å²) in [4.78, 5) is 56.0. The summed E-state index contributed by atoms with van der Waals surface area (Å²) in [5, 5.41) is 22.3. The summed E-state index contributed by atoms with van der Waals surface area (Å²) in [5.74, 6) is -1.27. The van der Waals surface area contributed by atoms with Gasteiger partial charge in [-0.15, -0.1) is 0 Å². The van der Waals surface area contributed by atoms with E-state index in [0.29, 0.717) is 0 Å². The maximum absolute atomic E-state index is 12.2. The predicted octanol–water partition coefficient (Wildman–Crippen LogP) is -2.14. The zero-order chi connectivity index (χ0) is 21.8. The molecule has 0 spiro atoms. The van der Waals surface area contributed by atoms with Crippen LogP contribution in [-0.2, 0) is 28.2 Å². The molecule has 1 aromatic rings. The number of aromatic nitrogens is 2. The van der Waals surface area contributed by atoms with E-state index in [4.69, 9.17) is 14.5 Å². The number of carbonyl (C=O) groups is 2. The molecule has 1 saturated heterocycles. The average Bonchev–Trinajstić information content (AvgIpc) is 2.92. The second kappa shape index (κ2) is 9.54. The van der Waals surface area contributed by atoms with E-state index in [1.54, 1.807) is 0 Å². The molecule has 1 aliphatic rings. The number of phosphoric acid groups is 1. The minimum absolute atomic E-state index is 0.115. The van der Waals surface area contributed by atoms with Crippen LogP contribution in [0, 0.1) is 0 Å². The molecule has 15 heteroatoms. The molecular formula is C14H20N3O11P. The van der Waals surface area contributed by atoms with E-state index < -0.39 is 56.5 Å². The monoisotopic (exact) mass is 437 g/mol. The van der Waals surface area contributed by atoms with Crippen LogP contribution in [-0.4, -0.2) is 73.5 Å². The number of anilines is 1. The molecule has 14 nitrogen and oxygen atoms in total. The lowest BCUT2D eigenvalue weighted by atomic mass is 10.1. The Kier molecular flexibility index (Phi) is 7.60. The normalized spacial score (nSPS) is 24.3. The first-order valence-corrected chi connectivity index (χ1v) is 9.72. The van der Waals surface area contributed by atoms with Crippen LogP contribution < -0.4 is 11.0 Å². The third-order valence-corrected chi connectivity index (χ3v) is 4.39. The molecule has 29 heavy (non-hydrogen) atoms. The number of nitrogens with one attached hydrogen (secondary N) is 1. The standard InChI is InChI=1S/C14H20N3O11P/c1-26-10(19)3-2-9(18)15-8-4-5-17(14(22)16-8)13-12(21)11(20)7(28-13)6-27-29(23,24)25/h4-5,7,11-13,20-21H,2-3,6H2,1H3,(H2,23,24,25)(H,15,16,18,22)/t7-,11+,12?,13-/m1/s1. The second-order valence-corrected chi connectivity index (χ2v) is 7.20. The van der Waals surface area contributed by atoms with E-state index in [1.165, 1.54) is 13.2 Å². The number of amides is 1. The van der Waals surface area contributed by atoms with Gasteiger partial charge in [-0.1, -0.05) is 0 Å². The molecule has 0 radical (unpaired) electrons. The highest BCUT2D eigenvalue weighted by Crippen LogP contribution is 2.38. The molecular weight excluding hydrogens is 417 g/mol. The first-order chi connectivity index (χ1) is 13.5. The third kappa shape index (κ3) is 6.40. The van der Waals surface area contributed by atoms with Crippen LogP contribution in [0.2, 0.25) is 0 Å². The molecule has 2 rings (SSSR count). The number of hydrogen-bond acceptors (Lipinski definition) is 10. The summed E-state index contributed by atoms with van der Waals surface area (Å²) in [7, 11) is -3.64. The van der Waals surface area contributed by atoms with Crippen LogP contribution in [0.4, 0.5) is 5.82 Å². The topological polar surface area (TPSA) is 207 Å². The van der Waals surface area contributed by atoms with Gasteiger partial charge in [-0.25, -0.2) is 9.36 Å². The summed E-state index contributed by atoms with van der Waals surface area (Å²) in [6, 6.07) is 1.22. The Bertz CT molecular complexity index is 853. The molecule has 0 saturated carbocycles. The zero-order valence-corrected chi connectivity index (χ0v) is 16.0. The number of aliphatic hydroxyl groups is 2. The van der Waals surface area contributed by atoms with Gasteiger partial charge in [0.15, 0.2) is 6.23 Å². The molecule has 1 fully saturated rings. The van der Waals surface area contributed by atoms with Crippen molar-refractivity contribution >= 4 is 25.5 Å². The van der Waals surface area contributed by atoms with Gasteiger partial charge in [0.2, 0.25) is 5.91 Å². The second-order valence-electron chi connectivity index (χ2n) is 5.96. The number of nitrogens with zero attached hydrogens (tertiary/aromatic N) is 2. The van der Waals surface area contributed by atoms with E-state index in [0.717, 1.165) is 10.8 Å². The van der Waals surface area contributed by atoms with Gasteiger partial charge in [0.05, 0.1) is 20.1 Å². The van der Waals surface area contributed by atoms with Crippen LogP contribution in [0.3, 0.4) is 0 Å². The van der Waals surface area contributed by atoms with Crippen molar-refractivity contribution in [1.29, 1.82) is 0 Å². The first-order valence-electron chi connectivity index (χ1n) is 8.19. The van der Waals surface area contributed by atoms with E-state index in [1.807, 2.05) is 0 Å². The Morgan fingerprint density at radius 1 is 1.31 bits per heavy atom. The zero-order valence-electron chi connectivity index (χ0n) is 15.1. The van der Waals surface area contributed by atoms with Gasteiger partial charge < -0.3 is 34.8 Å². The van der Waals surface area contributed by atoms with Crippen LogP contribution in [0.5, 0.6) is 0 Å². The summed E-state index contributed by atoms with van der Waals surface area (Å²) in [5.41, 5.74) is -0.941. The summed E-state index contributed by atoms with van der Waals surface area (Å²) >= 11 is 0. The van der Waals surface area contributed by atoms with Crippen LogP contribution in [0.15, 0.2) is 17.1 Å². The summed E-state index contributed by atoms with van der Waals surface area (Å²) < 4.78 is 25.5. The van der Waals surface area contributed by atoms with Gasteiger partial charge in [0, 0.05) is 12.6 Å². The van der Waals surface area contributed by atoms with Crippen molar-refractivity contribution in [3.63, 3.8) is 0 Å². The fourth-order valence-electron chi connectivity index (χ4n) is 2.47. The Morgan fingerprint density at radius 3 is 2.59 bits per heavy atom. The van der Waals surface area contributed by atoms with Crippen LogP contribution in [0.1, 0.15) is 19.1 Å². The van der Waals surface area contributed by atoms with Crippen molar-refractivity contribution in [3.05, 3.63) is 22.7 Å². The molecule has 1 amide bonds. The minimum Gasteiger partial charge on any atom is -0.469 e. The van der Waals surface area contributed by atoms with Crippen LogP contribution in [0.25, 0.3) is 0 Å². The molecule has 2 heterocycles. The number of hydrogen-bond donors (Lipinski definition) is 5. The first kappa shape index (κ1) is 23.1. The van der Waals surface area contributed by atoms with E-state index in [9.17, 15) is 29.2 Å². The van der Waals surface area contributed by atoms with E-state index in [2.05, 4.69) is 19.6 Å². The number of carbonyl (C=O) groups excluding carboxylic acids is 2. The highest BCUT2D eigenvalue weighted by molar-refractivity contribution is 7.46. The average molecular weight is 437 g/mol. The molecule has 1 unspecified atom stereocenters. The maximum atomic E-state index is 12.2. The molecule has 162 valence electrons. The van der Waals surface area contributed by atoms with Gasteiger partial charge >= 0.3 is 19.5 Å². The van der Waals surface area contributed by atoms with E-state index >= 15 is 0 Å². The molecule has 1 aliphatic heterocycles. The summed E-state index contributed by atoms with van der Waals surface area (Å²) in [6.07, 6.45) is -5.12. The fourth-order valence-corrected chi connectivity index (χ4v) is 2.81. The molecule has 5 N–H and O–H groups in total. The Morgan fingerprint density at radius 2 is 2.00 bits per heavy atom. The quantitative estimate of drug-likeness (QED) is 0.218. The van der Waals surface area contributed by atoms with Gasteiger partial charge in [-0.2, -0.15) is 4.98 Å². The number of aliphatic hydroxyl groups excluding tert-OH is 2. The predicted molar refractivity (Wildman–Crippen MR) is 92.3 cm³/mol. The Hall–Kier alpha value is -2.19. The lowest BCUT2D eigenvalue weighted by Crippen LogP contribution is -2.36. The number of rotatable bonds is 8. The van der Waals surface area contributed by atoms with Crippen LogP contribution >= 0.6 is 7.82 Å². The number of ether oxygens (including phenoxy) is 2. The van der Waals surface area contributed by atoms with Crippen molar-refractivity contribution in [2.24, 2.45) is 0 Å². The Balaban J connectivity index is 2.04. The van der Waals surface area contributed by atoms with Gasteiger partial charge in [-0.05, 0) is 6.07 Å². The smallest absolute Gasteiger partial charge is 0.469 e. The van der Waals surface area contributed by atoms with Crippen molar-refractivity contribution < 1.29 is 48.2 Å². The van der Waals surface area contributed by atoms with Gasteiger partial charge in [0.1, 0.15) is 24.1 Å². The van der Waals surface area contributed by atoms with E-state index in [-0.39, 0.29) is 18.7 Å². The number of methoxy groups -OCH3 is 1. The summed E-state index contributed by atoms with van der Waals surface area (Å²) in [6.45, 7) is -0.727. The highest BCUT2D eigenvalue weighted by atomic mass is 31.2. The van der Waals surface area contributed by atoms with Crippen molar-refractivity contribution in [2.75, 3.05) is 19.0 Å². The largest absolute Gasteiger partial charge is 0.469 e. The third-order valence-electron chi connectivity index (χ3n) is 3.90. The number of phosphoric ester groups is 1.